The highest BCUT2D eigenvalue weighted by atomic mass is 16.8. The largest absolute Gasteiger partial charge is 0.394 e. The van der Waals surface area contributed by atoms with Gasteiger partial charge in [0.25, 0.3) is 0 Å². The molecule has 84 heavy (non-hydrogen) atoms. The predicted octanol–water partition coefficient (Wildman–Crippen LogP) is -2.47. The molecule has 0 aromatic carbocycles. The maximum Gasteiger partial charge on any atom is 0.187 e. The molecule has 14 N–H and O–H groups in total. The van der Waals surface area contributed by atoms with Crippen molar-refractivity contribution >= 4 is 0 Å². The Morgan fingerprint density at radius 1 is 0.571 bits per heavy atom. The molecule has 4 aliphatic carbocycles. The minimum absolute atomic E-state index is 0.000235. The number of ether oxygens (including phenoxy) is 12. The molecule has 10 rings (SSSR count). The van der Waals surface area contributed by atoms with Crippen LogP contribution in [0.3, 0.4) is 0 Å². The molecule has 0 spiro atoms. The van der Waals surface area contributed by atoms with Crippen molar-refractivity contribution in [1.82, 2.24) is 0 Å². The van der Waals surface area contributed by atoms with E-state index in [1.165, 1.54) is 26.3 Å². The third kappa shape index (κ3) is 11.8. The smallest absolute Gasteiger partial charge is 0.187 e. The van der Waals surface area contributed by atoms with Gasteiger partial charge in [0.05, 0.1) is 50.3 Å². The first kappa shape index (κ1) is 65.6. The van der Waals surface area contributed by atoms with Crippen molar-refractivity contribution in [2.45, 2.75) is 278 Å². The maximum atomic E-state index is 12.3. The van der Waals surface area contributed by atoms with Crippen molar-refractivity contribution in [3.63, 3.8) is 0 Å². The lowest BCUT2D eigenvalue weighted by atomic mass is 9.47. The fourth-order valence-corrected chi connectivity index (χ4v) is 16.7. The number of aliphatic hydroxyl groups excluding tert-OH is 14. The second kappa shape index (κ2) is 25.8. The average molecular weight is 1210 g/mol. The summed E-state index contributed by atoms with van der Waals surface area (Å²) in [6.45, 7) is 12.4. The first-order chi connectivity index (χ1) is 39.7. The summed E-state index contributed by atoms with van der Waals surface area (Å²) in [7, 11) is 1.71. The Morgan fingerprint density at radius 3 is 1.75 bits per heavy atom. The first-order valence-corrected chi connectivity index (χ1v) is 30.5. The number of rotatable bonds is 17. The van der Waals surface area contributed by atoms with Gasteiger partial charge in [0.1, 0.15) is 104 Å². The zero-order chi connectivity index (χ0) is 60.8. The summed E-state index contributed by atoms with van der Waals surface area (Å²) in [5.74, 6) is 0.707. The molecule has 6 aliphatic heterocycles. The molecule has 6 saturated heterocycles. The van der Waals surface area contributed by atoms with Crippen LogP contribution in [0.1, 0.15) is 106 Å². The van der Waals surface area contributed by atoms with E-state index in [1.54, 1.807) is 7.11 Å². The maximum absolute atomic E-state index is 12.3. The lowest BCUT2D eigenvalue weighted by Gasteiger charge is -2.58. The number of fused-ring (bicyclic) bond motifs is 7. The molecule has 10 aliphatic rings. The van der Waals surface area contributed by atoms with E-state index in [-0.39, 0.29) is 41.3 Å². The second-order valence-electron chi connectivity index (χ2n) is 26.8. The number of hydrogen-bond donors (Lipinski definition) is 14. The van der Waals surface area contributed by atoms with Crippen molar-refractivity contribution < 1.29 is 128 Å². The molecular formula is C58H96O26. The highest BCUT2D eigenvalue weighted by Gasteiger charge is 2.69. The summed E-state index contributed by atoms with van der Waals surface area (Å²) in [6.07, 6.45) is -28.2. The minimum Gasteiger partial charge on any atom is -0.394 e. The Bertz CT molecular complexity index is 2220. The van der Waals surface area contributed by atoms with Crippen LogP contribution in [-0.4, -0.2) is 270 Å². The van der Waals surface area contributed by atoms with Crippen molar-refractivity contribution in [3.05, 3.63) is 11.6 Å². The number of hydrogen-bond acceptors (Lipinski definition) is 26. The highest BCUT2D eigenvalue weighted by Crippen LogP contribution is 2.70. The van der Waals surface area contributed by atoms with E-state index in [4.69, 9.17) is 56.8 Å². The van der Waals surface area contributed by atoms with Crippen molar-refractivity contribution in [3.8, 4) is 0 Å². The van der Waals surface area contributed by atoms with Crippen LogP contribution in [0.2, 0.25) is 0 Å². The van der Waals surface area contributed by atoms with Gasteiger partial charge in [-0.1, -0.05) is 39.3 Å². The SMILES string of the molecule is CO[C@]1(CC[C@H](C)CO[C@@H]2O[C@H](CO)[C@@H](O)[C@H](O)[C@H]2O)O[C@H]2C[C@H]3[C@@H]4CC=C5C[C@@H](O[C@@H]6O[C@H](CO)[C@@H](O[C@@H]7O[C@@H](C)[C@H](O[C@@H]8O[C@@H](C)[C@H](O)[C@@H](O)[C@H]8O)[C@@H](O)[C@H]7O)[C@H](O)[C@H]6O[C@@H]6O[C@@H](C)[C@H](O)[C@@H](O)[C@H]6O)CC[C@]5(C)[C@H]4CC[C@]3(C)[C@H]2[C@@H]1C. The molecule has 0 aromatic rings. The monoisotopic (exact) mass is 1210 g/mol. The van der Waals surface area contributed by atoms with Crippen LogP contribution >= 0.6 is 0 Å². The molecule has 0 aromatic heterocycles. The van der Waals surface area contributed by atoms with Gasteiger partial charge in [0, 0.05) is 19.4 Å². The Hall–Kier alpha value is -1.30. The summed E-state index contributed by atoms with van der Waals surface area (Å²) >= 11 is 0. The molecule has 484 valence electrons. The van der Waals surface area contributed by atoms with Gasteiger partial charge in [-0.15, -0.1) is 0 Å². The lowest BCUT2D eigenvalue weighted by Crippen LogP contribution is -2.67. The zero-order valence-electron chi connectivity index (χ0n) is 49.3. The topological polar surface area (TPSA) is 394 Å². The van der Waals surface area contributed by atoms with Gasteiger partial charge >= 0.3 is 0 Å². The molecule has 0 bridgehead atoms. The quantitative estimate of drug-likeness (QED) is 0.0671. The standard InChI is InChI=1S/C58H96O26/c1-22(21-74-51-43(68)41(66)38(63)33(19-59)79-51)11-16-58(73-8)23(2)35-32(84-58)18-31-29-10-9-27-17-28(12-14-56(27,6)30(29)13-15-57(31,35)7)78-55-50(83-53-45(70)40(65)37(62)25(4)76-53)47(72)49(34(20-60)80-55)82-54-46(71)42(67)48(26(5)77-54)81-52-44(69)39(64)36(61)24(3)75-52/h9,22-26,28-55,59-72H,10-21H2,1-8H3/t22-,23-,24-,25-,26-,28-,29+,30-,31-,32-,33+,34+,35-,36-,37-,38+,39+,40+,41-,42-,43+,44+,45+,46+,47-,48-,49+,50+,51+,52-,53-,54-,55+,56-,57-,58+/m0/s1. The summed E-state index contributed by atoms with van der Waals surface area (Å²) in [4.78, 5) is 0. The van der Waals surface area contributed by atoms with E-state index in [1.807, 2.05) is 6.92 Å². The van der Waals surface area contributed by atoms with Gasteiger partial charge in [-0.2, -0.15) is 0 Å². The number of methoxy groups -OCH3 is 1. The molecule has 0 unspecified atom stereocenters. The van der Waals surface area contributed by atoms with Crippen LogP contribution in [0, 0.1) is 46.3 Å². The third-order valence-corrected chi connectivity index (χ3v) is 21.8. The predicted molar refractivity (Wildman–Crippen MR) is 285 cm³/mol. The molecular weight excluding hydrogens is 1110 g/mol. The van der Waals surface area contributed by atoms with Gasteiger partial charge in [0.15, 0.2) is 37.2 Å². The van der Waals surface area contributed by atoms with Crippen LogP contribution in [0.5, 0.6) is 0 Å². The van der Waals surface area contributed by atoms with E-state index >= 15 is 0 Å². The third-order valence-electron chi connectivity index (χ3n) is 21.8. The van der Waals surface area contributed by atoms with Crippen molar-refractivity contribution in [2.24, 2.45) is 46.3 Å². The van der Waals surface area contributed by atoms with Gasteiger partial charge in [-0.3, -0.25) is 0 Å². The van der Waals surface area contributed by atoms with Crippen LogP contribution < -0.4 is 0 Å². The van der Waals surface area contributed by atoms with Crippen LogP contribution in [0.25, 0.3) is 0 Å². The van der Waals surface area contributed by atoms with Gasteiger partial charge in [0.2, 0.25) is 0 Å². The zero-order valence-corrected chi connectivity index (χ0v) is 49.3. The molecule has 6 heterocycles. The van der Waals surface area contributed by atoms with Crippen LogP contribution in [0.15, 0.2) is 11.6 Å². The Kier molecular flexibility index (Phi) is 20.1. The first-order valence-electron chi connectivity index (χ1n) is 30.5. The van der Waals surface area contributed by atoms with E-state index < -0.39 is 179 Å². The molecule has 0 radical (unpaired) electrons. The van der Waals surface area contributed by atoms with E-state index in [0.717, 1.165) is 32.1 Å². The fourth-order valence-electron chi connectivity index (χ4n) is 16.7. The normalized spacial score (nSPS) is 55.3. The van der Waals surface area contributed by atoms with E-state index in [9.17, 15) is 71.5 Å². The number of allylic oxidation sites excluding steroid dienone is 1. The van der Waals surface area contributed by atoms with Crippen LogP contribution in [0.4, 0.5) is 0 Å². The summed E-state index contributed by atoms with van der Waals surface area (Å²) < 4.78 is 73.6. The van der Waals surface area contributed by atoms with Crippen LogP contribution in [-0.2, 0) is 56.8 Å². The van der Waals surface area contributed by atoms with Gasteiger partial charge in [-0.25, -0.2) is 0 Å². The molecule has 26 heteroatoms. The second-order valence-corrected chi connectivity index (χ2v) is 26.8. The summed E-state index contributed by atoms with van der Waals surface area (Å²) in [5, 5.41) is 150. The van der Waals surface area contributed by atoms with E-state index in [2.05, 4.69) is 26.8 Å². The van der Waals surface area contributed by atoms with Gasteiger partial charge in [-0.05, 0) is 113 Å². The fraction of sp³-hybridized carbons (Fsp3) is 0.966. The number of aliphatic hydroxyl groups is 14. The van der Waals surface area contributed by atoms with Gasteiger partial charge < -0.3 is 128 Å². The Morgan fingerprint density at radius 2 is 1.13 bits per heavy atom. The molecule has 36 atom stereocenters. The molecule has 26 nitrogen and oxygen atoms in total. The molecule has 0 amide bonds. The Balaban J connectivity index is 0.792. The summed E-state index contributed by atoms with van der Waals surface area (Å²) in [5.41, 5.74) is 1.09. The van der Waals surface area contributed by atoms with E-state index in [0.29, 0.717) is 43.4 Å². The Labute approximate surface area is 489 Å². The van der Waals surface area contributed by atoms with Crippen molar-refractivity contribution in [2.75, 3.05) is 26.9 Å². The lowest BCUT2D eigenvalue weighted by molar-refractivity contribution is -0.394. The average Bonchev–Trinajstić information content (AvgIpc) is 1.99. The molecule has 3 saturated carbocycles. The highest BCUT2D eigenvalue weighted by molar-refractivity contribution is 5.26. The van der Waals surface area contributed by atoms with Crippen molar-refractivity contribution in [1.29, 1.82) is 0 Å². The summed E-state index contributed by atoms with van der Waals surface area (Å²) in [6, 6.07) is 0. The molecule has 9 fully saturated rings. The minimum atomic E-state index is -1.88.